The lowest BCUT2D eigenvalue weighted by molar-refractivity contribution is 0.385. The van der Waals surface area contributed by atoms with Gasteiger partial charge in [0.25, 0.3) is 5.56 Å². The molecule has 3 rings (SSSR count). The highest BCUT2D eigenvalue weighted by Gasteiger charge is 2.16. The number of nitrogens with one attached hydrogen (secondary N) is 1. The summed E-state index contributed by atoms with van der Waals surface area (Å²) in [7, 11) is 0. The van der Waals surface area contributed by atoms with Gasteiger partial charge >= 0.3 is 0 Å². The quantitative estimate of drug-likeness (QED) is 0.924. The molecule has 100 valence electrons. The van der Waals surface area contributed by atoms with Gasteiger partial charge in [-0.1, -0.05) is 0 Å². The number of pyridine rings is 1. The summed E-state index contributed by atoms with van der Waals surface area (Å²) in [6.45, 7) is 2.24. The summed E-state index contributed by atoms with van der Waals surface area (Å²) in [4.78, 5) is 16.5. The number of fused-ring (bicyclic) bond motifs is 1. The van der Waals surface area contributed by atoms with Crippen LogP contribution in [-0.4, -0.2) is 28.2 Å². The lowest BCUT2D eigenvalue weighted by atomic mass is 10.1. The molecule has 4 nitrogen and oxygen atoms in total. The molecular weight excluding hydrogens is 326 g/mol. The predicted octanol–water partition coefficient (Wildman–Crippen LogP) is 1.91. The molecule has 6 heteroatoms. The number of nitrogens with zero attached hydrogens (tertiary/aromatic N) is 2. The van der Waals surface area contributed by atoms with Gasteiger partial charge in [-0.3, -0.25) is 9.20 Å². The third-order valence-corrected chi connectivity index (χ3v) is 4.82. The fourth-order valence-corrected chi connectivity index (χ4v) is 3.38. The summed E-state index contributed by atoms with van der Waals surface area (Å²) in [6, 6.07) is 5.39. The van der Waals surface area contributed by atoms with E-state index in [4.69, 9.17) is 0 Å². The average molecular weight is 340 g/mol. The van der Waals surface area contributed by atoms with Crippen molar-refractivity contribution in [3.63, 3.8) is 0 Å². The Morgan fingerprint density at radius 3 is 3.05 bits per heavy atom. The second kappa shape index (κ2) is 5.64. The summed E-state index contributed by atoms with van der Waals surface area (Å²) in [5.41, 5.74) is 1.55. The molecule has 1 aliphatic rings. The van der Waals surface area contributed by atoms with Crippen molar-refractivity contribution in [3.05, 3.63) is 44.9 Å². The number of rotatable bonds is 4. The van der Waals surface area contributed by atoms with Crippen LogP contribution < -0.4 is 10.9 Å². The molecule has 1 fully saturated rings. The molecule has 2 aromatic rings. The molecular formula is C13H14BrN3OS. The zero-order valence-corrected chi connectivity index (χ0v) is 12.7. The van der Waals surface area contributed by atoms with Gasteiger partial charge < -0.3 is 5.32 Å². The molecule has 1 aliphatic heterocycles. The van der Waals surface area contributed by atoms with E-state index in [9.17, 15) is 4.79 Å². The van der Waals surface area contributed by atoms with Gasteiger partial charge in [-0.2, -0.15) is 11.8 Å². The topological polar surface area (TPSA) is 46.4 Å². The third kappa shape index (κ3) is 3.01. The van der Waals surface area contributed by atoms with Crippen molar-refractivity contribution >= 4 is 33.3 Å². The molecule has 1 N–H and O–H groups in total. The van der Waals surface area contributed by atoms with Crippen LogP contribution in [0.15, 0.2) is 33.7 Å². The number of hydrogen-bond acceptors (Lipinski definition) is 4. The molecule has 0 spiro atoms. The lowest BCUT2D eigenvalue weighted by Crippen LogP contribution is -2.43. The molecule has 0 atom stereocenters. The summed E-state index contributed by atoms with van der Waals surface area (Å²) in [5, 5.41) is 3.26. The first kappa shape index (κ1) is 13.1. The van der Waals surface area contributed by atoms with E-state index in [2.05, 4.69) is 26.2 Å². The van der Waals surface area contributed by atoms with Crippen molar-refractivity contribution in [3.8, 4) is 0 Å². The van der Waals surface area contributed by atoms with Crippen LogP contribution in [0.4, 0.5) is 0 Å². The largest absolute Gasteiger partial charge is 0.316 e. The van der Waals surface area contributed by atoms with Crippen molar-refractivity contribution < 1.29 is 0 Å². The second-order valence-electron chi connectivity index (χ2n) is 4.70. The molecule has 0 unspecified atom stereocenters. The number of aromatic nitrogens is 2. The summed E-state index contributed by atoms with van der Waals surface area (Å²) < 4.78 is 2.44. The van der Waals surface area contributed by atoms with Crippen molar-refractivity contribution in [2.75, 3.05) is 18.8 Å². The third-order valence-electron chi connectivity index (χ3n) is 3.15. The summed E-state index contributed by atoms with van der Waals surface area (Å²) in [6.07, 6.45) is 1.75. The Balaban J connectivity index is 1.76. The highest BCUT2D eigenvalue weighted by atomic mass is 79.9. The van der Waals surface area contributed by atoms with Gasteiger partial charge in [0, 0.05) is 22.5 Å². The van der Waals surface area contributed by atoms with Crippen LogP contribution in [0.3, 0.4) is 0 Å². The minimum atomic E-state index is -0.0211. The van der Waals surface area contributed by atoms with E-state index in [0.29, 0.717) is 5.65 Å². The molecule has 2 aromatic heterocycles. The van der Waals surface area contributed by atoms with Gasteiger partial charge in [0.05, 0.1) is 5.69 Å². The SMILES string of the molecule is O=c1cc(CSCC2CNC2)nc2ccc(Br)cn12. The van der Waals surface area contributed by atoms with Crippen LogP contribution in [0.5, 0.6) is 0 Å². The zero-order chi connectivity index (χ0) is 13.2. The van der Waals surface area contributed by atoms with Gasteiger partial charge in [-0.25, -0.2) is 4.98 Å². The average Bonchev–Trinajstić information content (AvgIpc) is 2.33. The second-order valence-corrected chi connectivity index (χ2v) is 6.65. The Hall–Kier alpha value is -0.850. The lowest BCUT2D eigenvalue weighted by Gasteiger charge is -2.26. The molecule has 3 heterocycles. The van der Waals surface area contributed by atoms with E-state index in [0.717, 1.165) is 40.7 Å². The Morgan fingerprint density at radius 1 is 1.47 bits per heavy atom. The van der Waals surface area contributed by atoms with Crippen molar-refractivity contribution in [2.24, 2.45) is 5.92 Å². The smallest absolute Gasteiger partial charge is 0.258 e. The van der Waals surface area contributed by atoms with Gasteiger partial charge in [0.15, 0.2) is 0 Å². The highest BCUT2D eigenvalue weighted by molar-refractivity contribution is 9.10. The monoisotopic (exact) mass is 339 g/mol. The van der Waals surface area contributed by atoms with E-state index >= 15 is 0 Å². The Labute approximate surface area is 123 Å². The zero-order valence-electron chi connectivity index (χ0n) is 10.3. The molecule has 0 radical (unpaired) electrons. The molecule has 0 bridgehead atoms. The van der Waals surface area contributed by atoms with Crippen molar-refractivity contribution in [1.29, 1.82) is 0 Å². The summed E-state index contributed by atoms with van der Waals surface area (Å²) in [5.74, 6) is 2.72. The number of thioether (sulfide) groups is 1. The maximum absolute atomic E-state index is 12.0. The van der Waals surface area contributed by atoms with Crippen molar-refractivity contribution in [2.45, 2.75) is 5.75 Å². The molecule has 1 saturated heterocycles. The van der Waals surface area contributed by atoms with Gasteiger partial charge in [-0.05, 0) is 52.8 Å². The first-order chi connectivity index (χ1) is 9.22. The minimum absolute atomic E-state index is 0.0211. The van der Waals surface area contributed by atoms with Crippen LogP contribution in [0.1, 0.15) is 5.69 Å². The van der Waals surface area contributed by atoms with E-state index < -0.39 is 0 Å². The van der Waals surface area contributed by atoms with Crippen LogP contribution >= 0.6 is 27.7 Å². The maximum Gasteiger partial charge on any atom is 0.258 e. The molecule has 0 amide bonds. The van der Waals surface area contributed by atoms with Gasteiger partial charge in [0.2, 0.25) is 0 Å². The number of hydrogen-bond donors (Lipinski definition) is 1. The first-order valence-corrected chi connectivity index (χ1v) is 8.13. The Bertz CT molecular complexity index is 654. The van der Waals surface area contributed by atoms with Gasteiger partial charge in [-0.15, -0.1) is 0 Å². The fraction of sp³-hybridized carbons (Fsp3) is 0.385. The fourth-order valence-electron chi connectivity index (χ4n) is 2.00. The molecule has 0 aromatic carbocycles. The maximum atomic E-state index is 12.0. The standard InChI is InChI=1S/C13H14BrN3OS/c14-10-1-2-12-16-11(3-13(18)17(12)6-10)8-19-7-9-4-15-5-9/h1-3,6,9,15H,4-5,7-8H2. The summed E-state index contributed by atoms with van der Waals surface area (Å²) >= 11 is 5.21. The van der Waals surface area contributed by atoms with Crippen LogP contribution in [-0.2, 0) is 5.75 Å². The Kier molecular flexibility index (Phi) is 3.91. The van der Waals surface area contributed by atoms with Crippen LogP contribution in [0.2, 0.25) is 0 Å². The molecule has 0 saturated carbocycles. The predicted molar refractivity (Wildman–Crippen MR) is 81.7 cm³/mol. The first-order valence-electron chi connectivity index (χ1n) is 6.19. The molecule has 0 aliphatic carbocycles. The minimum Gasteiger partial charge on any atom is -0.316 e. The molecule has 19 heavy (non-hydrogen) atoms. The normalized spacial score (nSPS) is 15.6. The van der Waals surface area contributed by atoms with E-state index in [-0.39, 0.29) is 5.56 Å². The van der Waals surface area contributed by atoms with E-state index in [1.54, 1.807) is 16.7 Å². The van der Waals surface area contributed by atoms with Gasteiger partial charge in [0.1, 0.15) is 5.65 Å². The number of halogens is 1. The van der Waals surface area contributed by atoms with Crippen molar-refractivity contribution in [1.82, 2.24) is 14.7 Å². The van der Waals surface area contributed by atoms with E-state index in [1.165, 1.54) is 0 Å². The van der Waals surface area contributed by atoms with Crippen LogP contribution in [0, 0.1) is 5.92 Å². The van der Waals surface area contributed by atoms with Crippen LogP contribution in [0.25, 0.3) is 5.65 Å². The van der Waals surface area contributed by atoms with E-state index in [1.807, 2.05) is 23.9 Å². The highest BCUT2D eigenvalue weighted by Crippen LogP contribution is 2.17. The Morgan fingerprint density at radius 2 is 2.32 bits per heavy atom.